The van der Waals surface area contributed by atoms with Gasteiger partial charge in [0.25, 0.3) is 0 Å². The zero-order chi connectivity index (χ0) is 19.8. The Kier molecular flexibility index (Phi) is 5.28. The van der Waals surface area contributed by atoms with Crippen molar-refractivity contribution in [3.63, 3.8) is 0 Å². The highest BCUT2D eigenvalue weighted by Gasteiger charge is 2.32. The van der Waals surface area contributed by atoms with Gasteiger partial charge in [0.2, 0.25) is 0 Å². The van der Waals surface area contributed by atoms with E-state index in [1.54, 1.807) is 6.20 Å². The van der Waals surface area contributed by atoms with Crippen molar-refractivity contribution in [2.45, 2.75) is 63.1 Å². The van der Waals surface area contributed by atoms with Crippen LogP contribution in [0.2, 0.25) is 0 Å². The Morgan fingerprint density at radius 1 is 1.07 bits per heavy atom. The molecule has 2 aromatic heterocycles. The van der Waals surface area contributed by atoms with Gasteiger partial charge >= 0.3 is 0 Å². The second-order valence-corrected chi connectivity index (χ2v) is 8.77. The third-order valence-electron chi connectivity index (χ3n) is 6.99. The molecule has 0 amide bonds. The van der Waals surface area contributed by atoms with E-state index in [0.717, 1.165) is 37.6 Å². The summed E-state index contributed by atoms with van der Waals surface area (Å²) in [6.45, 7) is 3.97. The first-order valence-corrected chi connectivity index (χ1v) is 11.0. The average molecular weight is 398 g/mol. The first-order chi connectivity index (χ1) is 14.2. The monoisotopic (exact) mass is 397 g/mol. The van der Waals surface area contributed by atoms with Crippen LogP contribution in [0.4, 0.5) is 5.82 Å². The molecule has 7 nitrogen and oxygen atoms in total. The Labute approximate surface area is 171 Å². The molecule has 29 heavy (non-hydrogen) atoms. The van der Waals surface area contributed by atoms with E-state index < -0.39 is 0 Å². The van der Waals surface area contributed by atoms with Gasteiger partial charge in [-0.1, -0.05) is 12.8 Å². The highest BCUT2D eigenvalue weighted by atomic mass is 16.5. The molecule has 2 aromatic rings. The Balaban J connectivity index is 1.42. The number of piperidine rings is 1. The number of aliphatic hydroxyl groups excluding tert-OH is 1. The number of nitrogen functional groups attached to an aromatic ring is 1. The summed E-state index contributed by atoms with van der Waals surface area (Å²) in [5.74, 6) is 0.937. The van der Waals surface area contributed by atoms with E-state index in [9.17, 15) is 5.11 Å². The molecule has 0 aromatic carbocycles. The quantitative estimate of drug-likeness (QED) is 0.806. The average Bonchev–Trinajstić information content (AvgIpc) is 3.37. The lowest BCUT2D eigenvalue weighted by Gasteiger charge is -2.41. The zero-order valence-corrected chi connectivity index (χ0v) is 17.0. The zero-order valence-electron chi connectivity index (χ0n) is 17.0. The Morgan fingerprint density at radius 2 is 1.83 bits per heavy atom. The molecule has 4 heterocycles. The van der Waals surface area contributed by atoms with E-state index in [2.05, 4.69) is 20.6 Å². The standard InChI is InChI=1S/C22H31N5O2/c23-22-17(12-28)9-16(11-24-22)20-10-21(27(25-20)18-3-1-2-4-18)15-5-7-26(8-6-15)19-13-29-14-19/h9-11,15,18-19,28H,1-8,12-14H2,(H2,23,24). The van der Waals surface area contributed by atoms with Crippen molar-refractivity contribution in [1.29, 1.82) is 0 Å². The number of hydrogen-bond acceptors (Lipinski definition) is 6. The molecule has 0 spiro atoms. The van der Waals surface area contributed by atoms with Crippen molar-refractivity contribution >= 4 is 5.82 Å². The highest BCUT2D eigenvalue weighted by molar-refractivity contribution is 5.62. The molecule has 0 unspecified atom stereocenters. The Hall–Kier alpha value is -1.96. The van der Waals surface area contributed by atoms with Gasteiger partial charge in [0, 0.05) is 28.9 Å². The molecule has 0 bridgehead atoms. The first-order valence-electron chi connectivity index (χ1n) is 11.0. The minimum Gasteiger partial charge on any atom is -0.392 e. The van der Waals surface area contributed by atoms with Gasteiger partial charge in [-0.2, -0.15) is 5.10 Å². The smallest absolute Gasteiger partial charge is 0.128 e. The van der Waals surface area contributed by atoms with Crippen molar-refractivity contribution in [2.24, 2.45) is 0 Å². The predicted octanol–water partition coefficient (Wildman–Crippen LogP) is 2.71. The molecule has 1 aliphatic carbocycles. The molecule has 5 rings (SSSR count). The van der Waals surface area contributed by atoms with Crippen molar-refractivity contribution < 1.29 is 9.84 Å². The second-order valence-electron chi connectivity index (χ2n) is 8.77. The van der Waals surface area contributed by atoms with E-state index in [1.807, 2.05) is 6.07 Å². The molecule has 1 saturated carbocycles. The van der Waals surface area contributed by atoms with Crippen LogP contribution in [0, 0.1) is 0 Å². The fraction of sp³-hybridized carbons (Fsp3) is 0.636. The van der Waals surface area contributed by atoms with Gasteiger partial charge in [-0.15, -0.1) is 0 Å². The molecular weight excluding hydrogens is 366 g/mol. The van der Waals surface area contributed by atoms with Gasteiger partial charge in [-0.3, -0.25) is 9.58 Å². The van der Waals surface area contributed by atoms with Gasteiger partial charge in [0.05, 0.1) is 37.6 Å². The van der Waals surface area contributed by atoms with Gasteiger partial charge in [-0.25, -0.2) is 4.98 Å². The van der Waals surface area contributed by atoms with Crippen molar-refractivity contribution in [2.75, 3.05) is 32.0 Å². The third-order valence-corrected chi connectivity index (χ3v) is 6.99. The summed E-state index contributed by atoms with van der Waals surface area (Å²) in [4.78, 5) is 6.86. The summed E-state index contributed by atoms with van der Waals surface area (Å²) in [5.41, 5.74) is 9.79. The number of hydrogen-bond donors (Lipinski definition) is 2. The summed E-state index contributed by atoms with van der Waals surface area (Å²) >= 11 is 0. The van der Waals surface area contributed by atoms with Gasteiger partial charge in [-0.05, 0) is 50.9 Å². The molecule has 3 N–H and O–H groups in total. The maximum absolute atomic E-state index is 9.56. The molecule has 2 aliphatic heterocycles. The maximum Gasteiger partial charge on any atom is 0.128 e. The van der Waals surface area contributed by atoms with Crippen LogP contribution in [-0.2, 0) is 11.3 Å². The number of aliphatic hydroxyl groups is 1. The van der Waals surface area contributed by atoms with Crippen LogP contribution in [-0.4, -0.2) is 57.1 Å². The largest absolute Gasteiger partial charge is 0.392 e. The predicted molar refractivity (Wildman–Crippen MR) is 111 cm³/mol. The lowest BCUT2D eigenvalue weighted by Crippen LogP contribution is -2.51. The van der Waals surface area contributed by atoms with Crippen molar-refractivity contribution in [3.05, 3.63) is 29.6 Å². The number of anilines is 1. The SMILES string of the molecule is Nc1ncc(-c2cc(C3CCN(C4COC4)CC3)n(C3CCCC3)n2)cc1CO. The molecule has 0 atom stereocenters. The molecule has 0 radical (unpaired) electrons. The van der Waals surface area contributed by atoms with Crippen LogP contribution in [0.15, 0.2) is 18.3 Å². The summed E-state index contributed by atoms with van der Waals surface area (Å²) in [6.07, 6.45) is 9.14. The summed E-state index contributed by atoms with van der Waals surface area (Å²) in [7, 11) is 0. The second kappa shape index (κ2) is 8.05. The molecule has 7 heteroatoms. The van der Waals surface area contributed by atoms with Crippen LogP contribution >= 0.6 is 0 Å². The molecule has 156 valence electrons. The van der Waals surface area contributed by atoms with Crippen LogP contribution in [0.3, 0.4) is 0 Å². The first kappa shape index (κ1) is 19.0. The van der Waals surface area contributed by atoms with Gasteiger partial charge < -0.3 is 15.6 Å². The van der Waals surface area contributed by atoms with Gasteiger partial charge in [0.15, 0.2) is 0 Å². The minimum absolute atomic E-state index is 0.105. The summed E-state index contributed by atoms with van der Waals surface area (Å²) < 4.78 is 7.70. The topological polar surface area (TPSA) is 89.4 Å². The molecule has 2 saturated heterocycles. The summed E-state index contributed by atoms with van der Waals surface area (Å²) in [6, 6.07) is 5.33. The fourth-order valence-electron chi connectivity index (χ4n) is 5.08. The molecular formula is C22H31N5O2. The van der Waals surface area contributed by atoms with Crippen LogP contribution in [0.1, 0.15) is 61.7 Å². The number of ether oxygens (including phenoxy) is 1. The van der Waals surface area contributed by atoms with E-state index in [1.165, 1.54) is 44.2 Å². The Bertz CT molecular complexity index is 849. The van der Waals surface area contributed by atoms with Crippen LogP contribution in [0.25, 0.3) is 11.3 Å². The lowest BCUT2D eigenvalue weighted by molar-refractivity contribution is -0.0714. The van der Waals surface area contributed by atoms with Gasteiger partial charge in [0.1, 0.15) is 5.82 Å². The van der Waals surface area contributed by atoms with E-state index in [4.69, 9.17) is 15.6 Å². The third kappa shape index (κ3) is 3.67. The summed E-state index contributed by atoms with van der Waals surface area (Å²) in [5, 5.41) is 14.6. The van der Waals surface area contributed by atoms with E-state index in [0.29, 0.717) is 29.4 Å². The fourth-order valence-corrected chi connectivity index (χ4v) is 5.08. The highest BCUT2D eigenvalue weighted by Crippen LogP contribution is 2.38. The van der Waals surface area contributed by atoms with Crippen molar-refractivity contribution in [3.8, 4) is 11.3 Å². The number of likely N-dealkylation sites (tertiary alicyclic amines) is 1. The number of nitrogens with two attached hydrogens (primary N) is 1. The van der Waals surface area contributed by atoms with Crippen LogP contribution < -0.4 is 5.73 Å². The number of aromatic nitrogens is 3. The number of nitrogens with zero attached hydrogens (tertiary/aromatic N) is 4. The normalized spacial score (nSPS) is 22.2. The molecule has 3 fully saturated rings. The number of pyridine rings is 1. The minimum atomic E-state index is -0.105. The molecule has 3 aliphatic rings. The van der Waals surface area contributed by atoms with Crippen molar-refractivity contribution in [1.82, 2.24) is 19.7 Å². The number of rotatable bonds is 5. The maximum atomic E-state index is 9.56. The van der Waals surface area contributed by atoms with E-state index >= 15 is 0 Å². The van der Waals surface area contributed by atoms with E-state index in [-0.39, 0.29) is 6.61 Å². The van der Waals surface area contributed by atoms with Crippen LogP contribution in [0.5, 0.6) is 0 Å². The lowest BCUT2D eigenvalue weighted by atomic mass is 9.91. The Morgan fingerprint density at radius 3 is 2.48 bits per heavy atom.